The molecule has 0 fully saturated rings. The zero-order valence-corrected chi connectivity index (χ0v) is 9.39. The van der Waals surface area contributed by atoms with Gasteiger partial charge in [-0.15, -0.1) is 0 Å². The minimum absolute atomic E-state index is 0.101. The minimum Gasteiger partial charge on any atom is -0.330 e. The highest BCUT2D eigenvalue weighted by atomic mass is 79.9. The quantitative estimate of drug-likeness (QED) is 0.922. The molecule has 0 bridgehead atoms. The van der Waals surface area contributed by atoms with Crippen molar-refractivity contribution in [2.75, 3.05) is 6.54 Å². The lowest BCUT2D eigenvalue weighted by Gasteiger charge is -2.17. The summed E-state index contributed by atoms with van der Waals surface area (Å²) in [4.78, 5) is 0. The van der Waals surface area contributed by atoms with E-state index < -0.39 is 12.3 Å². The van der Waals surface area contributed by atoms with Gasteiger partial charge in [0.2, 0.25) is 0 Å². The van der Waals surface area contributed by atoms with Gasteiger partial charge in [-0.2, -0.15) is 5.26 Å². The highest BCUT2D eigenvalue weighted by molar-refractivity contribution is 9.10. The van der Waals surface area contributed by atoms with Crippen LogP contribution in [0.5, 0.6) is 0 Å². The lowest BCUT2D eigenvalue weighted by atomic mass is 10.0. The average molecular weight is 275 g/mol. The molecule has 0 radical (unpaired) electrons. The molecule has 0 unspecified atom stereocenters. The van der Waals surface area contributed by atoms with Crippen LogP contribution in [-0.4, -0.2) is 6.54 Å². The normalized spacial score (nSPS) is 11.1. The van der Waals surface area contributed by atoms with Crippen molar-refractivity contribution in [3.8, 4) is 6.07 Å². The van der Waals surface area contributed by atoms with Gasteiger partial charge in [0, 0.05) is 16.5 Å². The number of rotatable bonds is 3. The molecule has 5 heteroatoms. The summed E-state index contributed by atoms with van der Waals surface area (Å²) in [5, 5.41) is 8.61. The van der Waals surface area contributed by atoms with E-state index in [2.05, 4.69) is 15.9 Å². The first-order valence-corrected chi connectivity index (χ1v) is 5.08. The number of hydrogen-bond acceptors (Lipinski definition) is 2. The van der Waals surface area contributed by atoms with Crippen molar-refractivity contribution in [2.24, 2.45) is 5.73 Å². The topological polar surface area (TPSA) is 49.8 Å². The second kappa shape index (κ2) is 4.69. The highest BCUT2D eigenvalue weighted by Crippen LogP contribution is 2.36. The molecule has 80 valence electrons. The van der Waals surface area contributed by atoms with E-state index in [1.54, 1.807) is 0 Å². The van der Waals surface area contributed by atoms with Crippen LogP contribution in [0.15, 0.2) is 22.7 Å². The molecule has 0 aliphatic rings. The molecule has 0 saturated heterocycles. The Bertz CT molecular complexity index is 399. The Balaban J connectivity index is 3.18. The fourth-order valence-electron chi connectivity index (χ4n) is 1.19. The Hall–Kier alpha value is -0.990. The summed E-state index contributed by atoms with van der Waals surface area (Å²) in [6.07, 6.45) is -0.430. The van der Waals surface area contributed by atoms with E-state index in [0.717, 1.165) is 0 Å². The maximum absolute atomic E-state index is 13.5. The third-order valence-corrected chi connectivity index (χ3v) is 2.64. The predicted molar refractivity (Wildman–Crippen MR) is 56.4 cm³/mol. The van der Waals surface area contributed by atoms with Gasteiger partial charge in [0.15, 0.2) is 0 Å². The van der Waals surface area contributed by atoms with Gasteiger partial charge >= 0.3 is 0 Å². The molecule has 0 aromatic heterocycles. The van der Waals surface area contributed by atoms with Crippen molar-refractivity contribution in [1.82, 2.24) is 0 Å². The third-order valence-electron chi connectivity index (χ3n) is 1.95. The van der Waals surface area contributed by atoms with Crippen LogP contribution in [0.3, 0.4) is 0 Å². The number of nitriles is 1. The van der Waals surface area contributed by atoms with Crippen LogP contribution >= 0.6 is 15.9 Å². The number of nitrogens with zero attached hydrogens (tertiary/aromatic N) is 1. The van der Waals surface area contributed by atoms with E-state index >= 15 is 0 Å². The molecule has 2 N–H and O–H groups in total. The van der Waals surface area contributed by atoms with Crippen LogP contribution in [0.2, 0.25) is 0 Å². The monoisotopic (exact) mass is 274 g/mol. The first kappa shape index (κ1) is 12.1. The fraction of sp³-hybridized carbons (Fsp3) is 0.300. The molecule has 15 heavy (non-hydrogen) atoms. The summed E-state index contributed by atoms with van der Waals surface area (Å²) in [6, 6.07) is 5.92. The number of alkyl halides is 2. The molecule has 1 rings (SSSR count). The van der Waals surface area contributed by atoms with Gasteiger partial charge in [0.25, 0.3) is 5.92 Å². The molecule has 0 aliphatic heterocycles. The second-order valence-electron chi connectivity index (χ2n) is 3.05. The summed E-state index contributed by atoms with van der Waals surface area (Å²) in [5.74, 6) is -3.00. The van der Waals surface area contributed by atoms with E-state index in [4.69, 9.17) is 11.0 Å². The average Bonchev–Trinajstić information content (AvgIpc) is 2.18. The maximum atomic E-state index is 13.5. The van der Waals surface area contributed by atoms with Crippen molar-refractivity contribution in [1.29, 1.82) is 5.26 Å². The van der Waals surface area contributed by atoms with E-state index in [1.165, 1.54) is 18.2 Å². The Labute approximate surface area is 94.8 Å². The lowest BCUT2D eigenvalue weighted by molar-refractivity contribution is -0.0114. The summed E-state index contributed by atoms with van der Waals surface area (Å²) in [7, 11) is 0. The smallest absolute Gasteiger partial charge is 0.275 e. The van der Waals surface area contributed by atoms with E-state index in [1.807, 2.05) is 6.07 Å². The fourth-order valence-corrected chi connectivity index (χ4v) is 1.73. The first-order valence-electron chi connectivity index (χ1n) is 4.29. The molecule has 0 spiro atoms. The van der Waals surface area contributed by atoms with Crippen molar-refractivity contribution < 1.29 is 8.78 Å². The Morgan fingerprint density at radius 2 is 2.13 bits per heavy atom. The number of benzene rings is 1. The van der Waals surface area contributed by atoms with Gasteiger partial charge in [0.05, 0.1) is 11.6 Å². The van der Waals surface area contributed by atoms with Gasteiger partial charge in [-0.05, 0) is 24.7 Å². The van der Waals surface area contributed by atoms with Gasteiger partial charge in [-0.1, -0.05) is 15.9 Å². The SMILES string of the molecule is N#Cc1ccc(Br)c(C(F)(F)CCN)c1. The van der Waals surface area contributed by atoms with Gasteiger partial charge in [-0.25, -0.2) is 8.78 Å². The zero-order chi connectivity index (χ0) is 11.5. The standard InChI is InChI=1S/C10H9BrF2N2/c11-9-2-1-7(6-15)5-8(9)10(12,13)3-4-14/h1-2,5H,3-4,14H2. The number of hydrogen-bond donors (Lipinski definition) is 1. The summed E-state index contributed by atoms with van der Waals surface area (Å²) < 4.78 is 27.3. The number of halogens is 3. The molecular weight excluding hydrogens is 266 g/mol. The predicted octanol–water partition coefficient (Wildman–Crippen LogP) is 2.76. The summed E-state index contributed by atoms with van der Waals surface area (Å²) in [5.41, 5.74) is 5.14. The van der Waals surface area contributed by atoms with Crippen molar-refractivity contribution >= 4 is 15.9 Å². The maximum Gasteiger partial charge on any atom is 0.275 e. The zero-order valence-electron chi connectivity index (χ0n) is 7.80. The number of nitrogens with two attached hydrogens (primary N) is 1. The molecular formula is C10H9BrF2N2. The van der Waals surface area contributed by atoms with E-state index in [9.17, 15) is 8.78 Å². The van der Waals surface area contributed by atoms with Crippen LogP contribution in [-0.2, 0) is 5.92 Å². The summed E-state index contributed by atoms with van der Waals surface area (Å²) >= 11 is 3.04. The molecule has 2 nitrogen and oxygen atoms in total. The van der Waals surface area contributed by atoms with Crippen LogP contribution < -0.4 is 5.73 Å². The van der Waals surface area contributed by atoms with Crippen LogP contribution in [0.25, 0.3) is 0 Å². The van der Waals surface area contributed by atoms with Gasteiger partial charge in [-0.3, -0.25) is 0 Å². The highest BCUT2D eigenvalue weighted by Gasteiger charge is 2.32. The molecule has 1 aromatic carbocycles. The molecule has 0 atom stereocenters. The van der Waals surface area contributed by atoms with Gasteiger partial charge < -0.3 is 5.73 Å². The molecule has 1 aromatic rings. The Morgan fingerprint density at radius 1 is 1.47 bits per heavy atom. The van der Waals surface area contributed by atoms with Gasteiger partial charge in [0.1, 0.15) is 0 Å². The van der Waals surface area contributed by atoms with E-state index in [-0.39, 0.29) is 17.7 Å². The van der Waals surface area contributed by atoms with Crippen molar-refractivity contribution in [3.63, 3.8) is 0 Å². The second-order valence-corrected chi connectivity index (χ2v) is 3.90. The first-order chi connectivity index (χ1) is 7.01. The lowest BCUT2D eigenvalue weighted by Crippen LogP contribution is -2.19. The van der Waals surface area contributed by atoms with Crippen LogP contribution in [0.4, 0.5) is 8.78 Å². The van der Waals surface area contributed by atoms with Crippen LogP contribution in [0, 0.1) is 11.3 Å². The van der Waals surface area contributed by atoms with Crippen molar-refractivity contribution in [2.45, 2.75) is 12.3 Å². The van der Waals surface area contributed by atoms with E-state index in [0.29, 0.717) is 4.47 Å². The third kappa shape index (κ3) is 2.74. The van der Waals surface area contributed by atoms with Crippen molar-refractivity contribution in [3.05, 3.63) is 33.8 Å². The largest absolute Gasteiger partial charge is 0.330 e. The molecule has 0 amide bonds. The van der Waals surface area contributed by atoms with Crippen LogP contribution in [0.1, 0.15) is 17.5 Å². The Kier molecular flexibility index (Phi) is 3.77. The summed E-state index contributed by atoms with van der Waals surface area (Å²) in [6.45, 7) is -0.101. The molecule has 0 aliphatic carbocycles. The molecule has 0 heterocycles. The minimum atomic E-state index is -3.00. The molecule has 0 saturated carbocycles. The Morgan fingerprint density at radius 3 is 2.67 bits per heavy atom.